The molecule has 0 saturated heterocycles. The minimum absolute atomic E-state index is 0.0297. The number of furan rings is 1. The van der Waals surface area contributed by atoms with Crippen LogP contribution in [0.5, 0.6) is 0 Å². The summed E-state index contributed by atoms with van der Waals surface area (Å²) in [5, 5.41) is 0.580. The summed E-state index contributed by atoms with van der Waals surface area (Å²) in [7, 11) is -3.82. The Kier molecular flexibility index (Phi) is 6.98. The number of aryl methyl sites for hydroxylation is 1. The van der Waals surface area contributed by atoms with Gasteiger partial charge in [-0.15, -0.1) is 0 Å². The Balaban J connectivity index is 1.46. The minimum atomic E-state index is -3.82. The maximum atomic E-state index is 13.6. The van der Waals surface area contributed by atoms with Crippen LogP contribution in [0, 0.1) is 6.92 Å². The van der Waals surface area contributed by atoms with Crippen LogP contribution in [0.1, 0.15) is 29.1 Å². The highest BCUT2D eigenvalue weighted by Crippen LogP contribution is 2.23. The number of hydrogen-bond donors (Lipinski definition) is 0. The molecule has 186 valence electrons. The average Bonchev–Trinajstić information content (AvgIpc) is 3.44. The fraction of sp³-hybridized carbons (Fsp3) is 0.231. The van der Waals surface area contributed by atoms with Gasteiger partial charge in [-0.2, -0.15) is 4.31 Å². The van der Waals surface area contributed by atoms with Gasteiger partial charge in [0.2, 0.25) is 10.0 Å². The summed E-state index contributed by atoms with van der Waals surface area (Å²) < 4.78 is 36.7. The lowest BCUT2D eigenvalue weighted by Gasteiger charge is -2.21. The second-order valence-corrected chi connectivity index (χ2v) is 12.0. The Hall–Kier alpha value is -2.98. The second-order valence-electron chi connectivity index (χ2n) is 8.60. The largest absolute Gasteiger partial charge is 0.460 e. The van der Waals surface area contributed by atoms with E-state index in [1.807, 2.05) is 6.92 Å². The molecule has 4 aromatic rings. The smallest absolute Gasteiger partial charge is 0.270 e. The van der Waals surface area contributed by atoms with Gasteiger partial charge < -0.3 is 4.42 Å². The summed E-state index contributed by atoms with van der Waals surface area (Å²) in [6.45, 7) is 3.48. The van der Waals surface area contributed by atoms with E-state index in [-0.39, 0.29) is 23.5 Å². The molecule has 0 radical (unpaired) electrons. The summed E-state index contributed by atoms with van der Waals surface area (Å²) in [5.74, 6) is 0.956. The van der Waals surface area contributed by atoms with Gasteiger partial charge >= 0.3 is 0 Å². The SMILES string of the molecule is Cc1ccc(S(=O)(=O)N(Cc2ccc(Cl)cc2)Cc2ccc(/C=c3\sc4n(c3=O)CCCN=4)o2)cc1. The van der Waals surface area contributed by atoms with Crippen molar-refractivity contribution in [3.8, 4) is 0 Å². The number of benzene rings is 2. The van der Waals surface area contributed by atoms with Crippen LogP contribution < -0.4 is 14.9 Å². The quantitative estimate of drug-likeness (QED) is 0.357. The zero-order chi connectivity index (χ0) is 25.3. The van der Waals surface area contributed by atoms with Gasteiger partial charge in [-0.25, -0.2) is 8.42 Å². The third-order valence-electron chi connectivity index (χ3n) is 5.89. The van der Waals surface area contributed by atoms with Crippen molar-refractivity contribution in [1.29, 1.82) is 0 Å². The molecule has 0 amide bonds. The van der Waals surface area contributed by atoms with Gasteiger partial charge in [-0.05, 0) is 55.3 Å². The van der Waals surface area contributed by atoms with Crippen molar-refractivity contribution in [1.82, 2.24) is 8.87 Å². The standard InChI is InChI=1S/C26H24ClN3O4S2/c1-18-3-11-23(12-4-18)36(32,33)29(16-19-5-7-20(27)8-6-19)17-22-10-9-21(34-22)15-24-25(31)30-14-2-13-28-26(30)35-24/h3-12,15H,2,13-14,16-17H2,1H3/b24-15-. The number of halogens is 1. The van der Waals surface area contributed by atoms with E-state index in [1.54, 1.807) is 71.3 Å². The zero-order valence-corrected chi connectivity index (χ0v) is 21.9. The molecule has 10 heteroatoms. The summed E-state index contributed by atoms with van der Waals surface area (Å²) in [5.41, 5.74) is 1.69. The number of hydrogen-bond acceptors (Lipinski definition) is 6. The monoisotopic (exact) mass is 541 g/mol. The van der Waals surface area contributed by atoms with Gasteiger partial charge in [0, 0.05) is 30.7 Å². The Bertz CT molecular complexity index is 1670. The molecule has 5 rings (SSSR count). The molecule has 0 unspecified atom stereocenters. The third-order valence-corrected chi connectivity index (χ3v) is 9.00. The first-order valence-corrected chi connectivity index (χ1v) is 14.1. The Morgan fingerprint density at radius 2 is 1.83 bits per heavy atom. The van der Waals surface area contributed by atoms with E-state index in [0.29, 0.717) is 27.6 Å². The number of thiazole rings is 1. The summed E-state index contributed by atoms with van der Waals surface area (Å²) in [4.78, 5) is 18.0. The van der Waals surface area contributed by atoms with E-state index in [1.165, 1.54) is 15.6 Å². The molecular formula is C26H24ClN3O4S2. The van der Waals surface area contributed by atoms with Gasteiger partial charge in [-0.1, -0.05) is 52.8 Å². The molecule has 3 heterocycles. The first kappa shape index (κ1) is 24.7. The van der Waals surface area contributed by atoms with Crippen LogP contribution >= 0.6 is 22.9 Å². The number of sulfonamides is 1. The molecule has 0 fully saturated rings. The molecule has 0 atom stereocenters. The van der Waals surface area contributed by atoms with Crippen molar-refractivity contribution in [3.63, 3.8) is 0 Å². The molecule has 1 aliphatic rings. The predicted octanol–water partition coefficient (Wildman–Crippen LogP) is 3.71. The maximum absolute atomic E-state index is 13.6. The van der Waals surface area contributed by atoms with Crippen molar-refractivity contribution in [2.24, 2.45) is 4.99 Å². The van der Waals surface area contributed by atoms with E-state index in [9.17, 15) is 13.2 Å². The van der Waals surface area contributed by atoms with Crippen molar-refractivity contribution in [2.75, 3.05) is 6.54 Å². The molecular weight excluding hydrogens is 518 g/mol. The van der Waals surface area contributed by atoms with Crippen LogP contribution in [0.2, 0.25) is 5.02 Å². The molecule has 0 spiro atoms. The van der Waals surface area contributed by atoms with E-state index < -0.39 is 10.0 Å². The van der Waals surface area contributed by atoms with Gasteiger partial charge in [0.05, 0.1) is 16.0 Å². The third kappa shape index (κ3) is 5.24. The van der Waals surface area contributed by atoms with Crippen LogP contribution in [0.15, 0.2) is 79.8 Å². The number of nitrogens with zero attached hydrogens (tertiary/aromatic N) is 3. The highest BCUT2D eigenvalue weighted by atomic mass is 35.5. The Morgan fingerprint density at radius 3 is 2.56 bits per heavy atom. The van der Waals surface area contributed by atoms with Crippen LogP contribution in [-0.2, 0) is 29.7 Å². The number of aromatic nitrogens is 1. The molecule has 0 N–H and O–H groups in total. The number of fused-ring (bicyclic) bond motifs is 1. The molecule has 7 nitrogen and oxygen atoms in total. The lowest BCUT2D eigenvalue weighted by molar-refractivity contribution is 0.357. The average molecular weight is 542 g/mol. The van der Waals surface area contributed by atoms with Crippen molar-refractivity contribution < 1.29 is 12.8 Å². The fourth-order valence-corrected chi connectivity index (χ4v) is 6.50. The van der Waals surface area contributed by atoms with Crippen molar-refractivity contribution in [2.45, 2.75) is 37.9 Å². The lowest BCUT2D eigenvalue weighted by atomic mass is 10.2. The topological polar surface area (TPSA) is 84.9 Å². The second kappa shape index (κ2) is 10.2. The van der Waals surface area contributed by atoms with Crippen molar-refractivity contribution >= 4 is 39.0 Å². The summed E-state index contributed by atoms with van der Waals surface area (Å²) >= 11 is 7.35. The van der Waals surface area contributed by atoms with Crippen LogP contribution in [0.25, 0.3) is 6.08 Å². The normalized spacial score (nSPS) is 14.1. The molecule has 36 heavy (non-hydrogen) atoms. The lowest BCUT2D eigenvalue weighted by Crippen LogP contribution is -2.33. The highest BCUT2D eigenvalue weighted by molar-refractivity contribution is 7.89. The molecule has 1 aliphatic heterocycles. The van der Waals surface area contributed by atoms with E-state index >= 15 is 0 Å². The highest BCUT2D eigenvalue weighted by Gasteiger charge is 2.26. The van der Waals surface area contributed by atoms with E-state index in [0.717, 1.165) is 28.9 Å². The Labute approximate surface area is 217 Å². The van der Waals surface area contributed by atoms with Crippen molar-refractivity contribution in [3.05, 3.63) is 108 Å². The minimum Gasteiger partial charge on any atom is -0.460 e. The van der Waals surface area contributed by atoms with Crippen LogP contribution in [0.3, 0.4) is 0 Å². The van der Waals surface area contributed by atoms with Crippen LogP contribution in [-0.4, -0.2) is 23.8 Å². The number of rotatable bonds is 7. The van der Waals surface area contributed by atoms with Gasteiger partial charge in [-0.3, -0.25) is 14.4 Å². The summed E-state index contributed by atoms with van der Waals surface area (Å²) in [6, 6.07) is 17.3. The zero-order valence-electron chi connectivity index (χ0n) is 19.6. The molecule has 0 bridgehead atoms. The fourth-order valence-electron chi connectivity index (χ4n) is 3.97. The van der Waals surface area contributed by atoms with Gasteiger partial charge in [0.25, 0.3) is 5.56 Å². The van der Waals surface area contributed by atoms with Crippen LogP contribution in [0.4, 0.5) is 0 Å². The van der Waals surface area contributed by atoms with E-state index in [2.05, 4.69) is 4.99 Å². The van der Waals surface area contributed by atoms with E-state index in [4.69, 9.17) is 16.0 Å². The first-order valence-electron chi connectivity index (χ1n) is 11.5. The molecule has 0 aliphatic carbocycles. The van der Waals surface area contributed by atoms with Gasteiger partial charge in [0.15, 0.2) is 4.80 Å². The summed E-state index contributed by atoms with van der Waals surface area (Å²) in [6.07, 6.45) is 2.54. The predicted molar refractivity (Wildman–Crippen MR) is 140 cm³/mol. The molecule has 2 aromatic heterocycles. The molecule has 0 saturated carbocycles. The first-order chi connectivity index (χ1) is 17.3. The molecule has 2 aromatic carbocycles. The maximum Gasteiger partial charge on any atom is 0.270 e. The Morgan fingerprint density at radius 1 is 1.08 bits per heavy atom. The van der Waals surface area contributed by atoms with Gasteiger partial charge in [0.1, 0.15) is 11.5 Å².